The van der Waals surface area contributed by atoms with Gasteiger partial charge in [-0.1, -0.05) is 25.4 Å². The monoisotopic (exact) mass is 315 g/mol. The zero-order valence-corrected chi connectivity index (χ0v) is 13.8. The molecule has 0 bridgehead atoms. The largest absolute Gasteiger partial charge is 0.370 e. The van der Waals surface area contributed by atoms with Crippen LogP contribution in [0.2, 0.25) is 5.02 Å². The molecular weight excluding hydrogens is 294 g/mol. The Morgan fingerprint density at radius 1 is 1.45 bits per heavy atom. The van der Waals surface area contributed by atoms with Gasteiger partial charge in [-0.15, -0.1) is 0 Å². The lowest BCUT2D eigenvalue weighted by Gasteiger charge is -2.16. The van der Waals surface area contributed by atoms with Crippen LogP contribution in [0.4, 0.5) is 5.82 Å². The summed E-state index contributed by atoms with van der Waals surface area (Å²) in [5.41, 5.74) is 0.285. The number of carbonyl (C=O) groups is 1. The first kappa shape index (κ1) is 17.1. The first-order valence-corrected chi connectivity index (χ1v) is 8.59. The summed E-state index contributed by atoms with van der Waals surface area (Å²) >= 11 is 7.78. The number of halogens is 1. The zero-order chi connectivity index (χ0) is 15.0. The first-order chi connectivity index (χ1) is 9.62. The Morgan fingerprint density at radius 3 is 2.80 bits per heavy atom. The Balaban J connectivity index is 2.80. The number of nitrogens with one attached hydrogen (secondary N) is 2. The smallest absolute Gasteiger partial charge is 0.271 e. The van der Waals surface area contributed by atoms with Gasteiger partial charge >= 0.3 is 0 Å². The molecule has 0 radical (unpaired) electrons. The van der Waals surface area contributed by atoms with E-state index in [1.165, 1.54) is 0 Å². The average molecular weight is 316 g/mol. The van der Waals surface area contributed by atoms with Crippen LogP contribution in [0.25, 0.3) is 0 Å². The van der Waals surface area contributed by atoms with Gasteiger partial charge in [0.15, 0.2) is 0 Å². The van der Waals surface area contributed by atoms with Gasteiger partial charge in [-0.05, 0) is 31.2 Å². The van der Waals surface area contributed by atoms with Crippen molar-refractivity contribution in [2.24, 2.45) is 0 Å². The summed E-state index contributed by atoms with van der Waals surface area (Å²) in [5, 5.41) is 6.51. The van der Waals surface area contributed by atoms with E-state index in [1.54, 1.807) is 23.9 Å². The van der Waals surface area contributed by atoms with Crippen LogP contribution in [0.5, 0.6) is 0 Å². The minimum Gasteiger partial charge on any atom is -0.370 e. The van der Waals surface area contributed by atoms with Crippen LogP contribution in [-0.4, -0.2) is 35.5 Å². The van der Waals surface area contributed by atoms with Crippen LogP contribution in [0.3, 0.4) is 0 Å². The van der Waals surface area contributed by atoms with Crippen molar-refractivity contribution in [2.75, 3.05) is 23.9 Å². The molecule has 20 heavy (non-hydrogen) atoms. The lowest BCUT2D eigenvalue weighted by Crippen LogP contribution is -2.36. The molecule has 1 rings (SSSR count). The van der Waals surface area contributed by atoms with Crippen molar-refractivity contribution in [3.63, 3.8) is 0 Å². The van der Waals surface area contributed by atoms with Gasteiger partial charge in [0.1, 0.15) is 11.5 Å². The van der Waals surface area contributed by atoms with Crippen LogP contribution >= 0.6 is 23.4 Å². The van der Waals surface area contributed by atoms with Crippen molar-refractivity contribution in [2.45, 2.75) is 32.7 Å². The number of nitrogens with zero attached hydrogens (tertiary/aromatic N) is 1. The number of thioether (sulfide) groups is 1. The van der Waals surface area contributed by atoms with Crippen LogP contribution in [0.1, 0.15) is 37.2 Å². The number of pyridine rings is 1. The standard InChI is InChI=1S/C14H22ClN3OS/c1-4-8-16-12-7-6-11(15)13(18-12)14(19)17-10(5-2)9-20-3/h6-7,10H,4-5,8-9H2,1-3H3,(H,16,18)(H,17,19). The third-order valence-electron chi connectivity index (χ3n) is 2.81. The summed E-state index contributed by atoms with van der Waals surface area (Å²) in [6, 6.07) is 3.63. The molecule has 0 aromatic carbocycles. The molecule has 1 unspecified atom stereocenters. The molecule has 1 aromatic rings. The molecule has 0 fully saturated rings. The van der Waals surface area contributed by atoms with Crippen LogP contribution in [0, 0.1) is 0 Å². The van der Waals surface area contributed by atoms with Gasteiger partial charge in [0.2, 0.25) is 0 Å². The Labute approximate surface area is 130 Å². The minimum absolute atomic E-state index is 0.141. The quantitative estimate of drug-likeness (QED) is 0.771. The van der Waals surface area contributed by atoms with Gasteiger partial charge in [0, 0.05) is 18.3 Å². The Hall–Kier alpha value is -0.940. The highest BCUT2D eigenvalue weighted by atomic mass is 35.5. The molecule has 6 heteroatoms. The summed E-state index contributed by atoms with van der Waals surface area (Å²) in [6.45, 7) is 4.94. The normalized spacial score (nSPS) is 12.0. The second kappa shape index (κ2) is 9.08. The lowest BCUT2D eigenvalue weighted by molar-refractivity contribution is 0.0935. The van der Waals surface area contributed by atoms with Crippen molar-refractivity contribution in [1.82, 2.24) is 10.3 Å². The molecule has 4 nitrogen and oxygen atoms in total. The summed E-state index contributed by atoms with van der Waals surface area (Å²) in [7, 11) is 0. The van der Waals surface area contributed by atoms with Crippen LogP contribution < -0.4 is 10.6 Å². The fraction of sp³-hybridized carbons (Fsp3) is 0.571. The highest BCUT2D eigenvalue weighted by molar-refractivity contribution is 7.98. The van der Waals surface area contributed by atoms with E-state index < -0.39 is 0 Å². The number of hydrogen-bond acceptors (Lipinski definition) is 4. The van der Waals surface area contributed by atoms with Gasteiger partial charge in [-0.2, -0.15) is 11.8 Å². The molecule has 0 saturated carbocycles. The van der Waals surface area contributed by atoms with Crippen molar-refractivity contribution >= 4 is 35.1 Å². The van der Waals surface area contributed by atoms with E-state index in [4.69, 9.17) is 11.6 Å². The first-order valence-electron chi connectivity index (χ1n) is 6.82. The summed E-state index contributed by atoms with van der Waals surface area (Å²) < 4.78 is 0. The lowest BCUT2D eigenvalue weighted by atomic mass is 10.2. The molecule has 0 aliphatic heterocycles. The van der Waals surface area contributed by atoms with Crippen LogP contribution in [0.15, 0.2) is 12.1 Å². The highest BCUT2D eigenvalue weighted by Gasteiger charge is 2.16. The zero-order valence-electron chi connectivity index (χ0n) is 12.2. The third-order valence-corrected chi connectivity index (χ3v) is 3.85. The van der Waals surface area contributed by atoms with E-state index in [1.807, 2.05) is 6.26 Å². The molecular formula is C14H22ClN3OS. The third kappa shape index (κ3) is 5.21. The van der Waals surface area contributed by atoms with Gasteiger partial charge in [0.25, 0.3) is 5.91 Å². The summed E-state index contributed by atoms with van der Waals surface area (Å²) in [6.07, 6.45) is 3.91. The topological polar surface area (TPSA) is 54.0 Å². The molecule has 112 valence electrons. The van der Waals surface area contributed by atoms with Gasteiger partial charge in [-0.3, -0.25) is 4.79 Å². The molecule has 1 aromatic heterocycles. The van der Waals surface area contributed by atoms with E-state index in [2.05, 4.69) is 29.5 Å². The number of anilines is 1. The van der Waals surface area contributed by atoms with E-state index >= 15 is 0 Å². The maximum atomic E-state index is 12.2. The fourth-order valence-corrected chi connectivity index (χ4v) is 2.58. The number of aromatic nitrogens is 1. The molecule has 0 aliphatic rings. The second-order valence-electron chi connectivity index (χ2n) is 4.49. The Bertz CT molecular complexity index is 442. The summed E-state index contributed by atoms with van der Waals surface area (Å²) in [5.74, 6) is 1.35. The molecule has 0 spiro atoms. The highest BCUT2D eigenvalue weighted by Crippen LogP contribution is 2.17. The van der Waals surface area contributed by atoms with E-state index in [0.29, 0.717) is 10.8 Å². The van der Waals surface area contributed by atoms with Gasteiger partial charge in [0.05, 0.1) is 5.02 Å². The molecule has 0 saturated heterocycles. The maximum absolute atomic E-state index is 12.2. The second-order valence-corrected chi connectivity index (χ2v) is 5.81. The fourth-order valence-electron chi connectivity index (χ4n) is 1.67. The number of amides is 1. The number of carbonyl (C=O) groups excluding carboxylic acids is 1. The molecule has 1 heterocycles. The average Bonchev–Trinajstić information content (AvgIpc) is 2.45. The molecule has 1 atom stereocenters. The number of hydrogen-bond donors (Lipinski definition) is 2. The van der Waals surface area contributed by atoms with Gasteiger partial charge < -0.3 is 10.6 Å². The van der Waals surface area contributed by atoms with Crippen LogP contribution in [-0.2, 0) is 0 Å². The molecule has 0 aliphatic carbocycles. The molecule has 2 N–H and O–H groups in total. The summed E-state index contributed by atoms with van der Waals surface area (Å²) in [4.78, 5) is 16.5. The van der Waals surface area contributed by atoms with Crippen molar-refractivity contribution in [3.8, 4) is 0 Å². The Kier molecular flexibility index (Phi) is 7.77. The van der Waals surface area contributed by atoms with E-state index in [0.717, 1.165) is 25.1 Å². The Morgan fingerprint density at radius 2 is 2.20 bits per heavy atom. The predicted molar refractivity (Wildman–Crippen MR) is 88.0 cm³/mol. The van der Waals surface area contributed by atoms with Crippen molar-refractivity contribution < 1.29 is 4.79 Å². The molecule has 1 amide bonds. The van der Waals surface area contributed by atoms with Crippen molar-refractivity contribution in [1.29, 1.82) is 0 Å². The maximum Gasteiger partial charge on any atom is 0.271 e. The SMILES string of the molecule is CCCNc1ccc(Cl)c(C(=O)NC(CC)CSC)n1. The predicted octanol–water partition coefficient (Wildman–Crippen LogP) is 3.43. The number of rotatable bonds is 8. The van der Waals surface area contributed by atoms with Crippen molar-refractivity contribution in [3.05, 3.63) is 22.8 Å². The van der Waals surface area contributed by atoms with E-state index in [9.17, 15) is 4.79 Å². The van der Waals surface area contributed by atoms with E-state index in [-0.39, 0.29) is 17.6 Å². The van der Waals surface area contributed by atoms with Gasteiger partial charge in [-0.25, -0.2) is 4.98 Å². The minimum atomic E-state index is -0.212.